The van der Waals surface area contributed by atoms with Gasteiger partial charge in [-0.1, -0.05) is 35.5 Å². The maximum absolute atomic E-state index is 13.1. The van der Waals surface area contributed by atoms with Crippen molar-refractivity contribution < 1.29 is 18.8 Å². The SMILES string of the molecule is Cc1cnc(N[C@H]2CC[C@H](C)N(C(=O)OCc3ccccc3)C2)nc1-c1nn(C2CCCCO2)c2nc(-c3c(C)noc3C)ccc12. The monoisotopic (exact) mass is 636 g/mol. The largest absolute Gasteiger partial charge is 0.445 e. The summed E-state index contributed by atoms with van der Waals surface area (Å²) in [6, 6.07) is 13.8. The van der Waals surface area contributed by atoms with Gasteiger partial charge in [-0.25, -0.2) is 24.4 Å². The first-order chi connectivity index (χ1) is 22.9. The maximum atomic E-state index is 13.1. The molecule has 0 saturated carbocycles. The predicted molar refractivity (Wildman–Crippen MR) is 177 cm³/mol. The van der Waals surface area contributed by atoms with E-state index in [1.807, 2.05) is 74.1 Å². The molecule has 2 fully saturated rings. The van der Waals surface area contributed by atoms with Crippen molar-refractivity contribution in [3.8, 4) is 22.6 Å². The Balaban J connectivity index is 1.16. The number of rotatable bonds is 7. The second kappa shape index (κ2) is 13.1. The number of nitrogens with zero attached hydrogens (tertiary/aromatic N) is 7. The van der Waals surface area contributed by atoms with Gasteiger partial charge in [-0.3, -0.25) is 0 Å². The van der Waals surface area contributed by atoms with Gasteiger partial charge in [0.15, 0.2) is 11.9 Å². The minimum absolute atomic E-state index is 0.0322. The standard InChI is InChI=1S/C35H40N8O4/c1-21-18-36-34(37-26-14-13-22(2)42(19-26)35(44)46-20-25-10-6-5-7-11-25)39-31(21)32-27-15-16-28(30-23(3)41-47-24(30)4)38-33(27)43(40-32)29-12-8-9-17-45-29/h5-7,10-11,15-16,18,22,26,29H,8-9,12-14,17,19-20H2,1-4H3,(H,36,37,39)/t22-,26-,29?/m0/s1. The third-order valence-electron chi connectivity index (χ3n) is 9.12. The number of pyridine rings is 1. The van der Waals surface area contributed by atoms with E-state index in [2.05, 4.69) is 22.4 Å². The number of likely N-dealkylation sites (tertiary alicyclic amines) is 1. The zero-order valence-corrected chi connectivity index (χ0v) is 27.3. The van der Waals surface area contributed by atoms with Gasteiger partial charge < -0.3 is 24.2 Å². The van der Waals surface area contributed by atoms with Crippen LogP contribution in [0.25, 0.3) is 33.7 Å². The second-order valence-corrected chi connectivity index (χ2v) is 12.6. The normalized spacial score (nSPS) is 20.0. The van der Waals surface area contributed by atoms with Crippen LogP contribution in [-0.2, 0) is 16.1 Å². The number of hydrogen-bond acceptors (Lipinski definition) is 10. The zero-order chi connectivity index (χ0) is 32.5. The summed E-state index contributed by atoms with van der Waals surface area (Å²) in [6.07, 6.45) is 5.94. The number of aromatic nitrogens is 6. The number of fused-ring (bicyclic) bond motifs is 1. The van der Waals surface area contributed by atoms with Gasteiger partial charge >= 0.3 is 6.09 Å². The number of carbonyl (C=O) groups excluding carboxylic acids is 1. The quantitative estimate of drug-likeness (QED) is 0.204. The molecule has 12 heteroatoms. The average Bonchev–Trinajstić information content (AvgIpc) is 3.64. The van der Waals surface area contributed by atoms with Gasteiger partial charge in [0.05, 0.1) is 22.6 Å². The first kappa shape index (κ1) is 30.8. The minimum Gasteiger partial charge on any atom is -0.445 e. The molecule has 2 saturated heterocycles. The summed E-state index contributed by atoms with van der Waals surface area (Å²) in [4.78, 5) is 29.5. The van der Waals surface area contributed by atoms with Crippen molar-refractivity contribution in [3.05, 3.63) is 71.2 Å². The van der Waals surface area contributed by atoms with Crippen LogP contribution in [0.5, 0.6) is 0 Å². The molecule has 2 aliphatic rings. The number of ether oxygens (including phenoxy) is 2. The van der Waals surface area contributed by atoms with Crippen LogP contribution >= 0.6 is 0 Å². The third-order valence-corrected chi connectivity index (χ3v) is 9.12. The smallest absolute Gasteiger partial charge is 0.410 e. The number of hydrogen-bond donors (Lipinski definition) is 1. The average molecular weight is 637 g/mol. The molecular formula is C35H40N8O4. The Morgan fingerprint density at radius 1 is 1.02 bits per heavy atom. The van der Waals surface area contributed by atoms with E-state index >= 15 is 0 Å². The van der Waals surface area contributed by atoms with Crippen LogP contribution in [-0.4, -0.2) is 66.1 Å². The lowest BCUT2D eigenvalue weighted by atomic mass is 10.00. The molecule has 0 aliphatic carbocycles. The lowest BCUT2D eigenvalue weighted by Gasteiger charge is -2.37. The molecule has 1 N–H and O–H groups in total. The molecule has 2 aliphatic heterocycles. The number of nitrogens with one attached hydrogen (secondary N) is 1. The summed E-state index contributed by atoms with van der Waals surface area (Å²) < 4.78 is 19.2. The van der Waals surface area contributed by atoms with Gasteiger partial charge in [0.2, 0.25) is 5.95 Å². The third kappa shape index (κ3) is 6.29. The molecule has 0 radical (unpaired) electrons. The number of aryl methyl sites for hydroxylation is 3. The molecule has 3 atom stereocenters. The van der Waals surface area contributed by atoms with Gasteiger partial charge in [0, 0.05) is 36.8 Å². The minimum atomic E-state index is -0.316. The fraction of sp³-hybridized carbons (Fsp3) is 0.429. The molecule has 5 aromatic rings. The summed E-state index contributed by atoms with van der Waals surface area (Å²) in [6.45, 7) is 9.28. The van der Waals surface area contributed by atoms with Gasteiger partial charge in [0.1, 0.15) is 18.1 Å². The van der Waals surface area contributed by atoms with Crippen molar-refractivity contribution in [1.29, 1.82) is 0 Å². The van der Waals surface area contributed by atoms with Crippen LogP contribution in [0.4, 0.5) is 10.7 Å². The highest BCUT2D eigenvalue weighted by Gasteiger charge is 2.31. The molecule has 1 unspecified atom stereocenters. The first-order valence-electron chi connectivity index (χ1n) is 16.4. The van der Waals surface area contributed by atoms with Crippen molar-refractivity contribution in [2.45, 2.75) is 84.7 Å². The molecule has 0 bridgehead atoms. The van der Waals surface area contributed by atoms with E-state index in [9.17, 15) is 4.79 Å². The van der Waals surface area contributed by atoms with Crippen molar-refractivity contribution in [2.24, 2.45) is 0 Å². The van der Waals surface area contributed by atoms with Crippen LogP contribution in [0, 0.1) is 20.8 Å². The van der Waals surface area contributed by atoms with Crippen LogP contribution in [0.3, 0.4) is 0 Å². The molecule has 0 spiro atoms. The van der Waals surface area contributed by atoms with Crippen LogP contribution in [0.1, 0.15) is 67.8 Å². The van der Waals surface area contributed by atoms with E-state index in [1.54, 1.807) is 4.90 Å². The van der Waals surface area contributed by atoms with Crippen LogP contribution in [0.2, 0.25) is 0 Å². The highest BCUT2D eigenvalue weighted by atomic mass is 16.6. The molecule has 4 aromatic heterocycles. The van der Waals surface area contributed by atoms with E-state index in [0.29, 0.717) is 19.1 Å². The van der Waals surface area contributed by atoms with Crippen molar-refractivity contribution >= 4 is 23.1 Å². The first-order valence-corrected chi connectivity index (χ1v) is 16.4. The summed E-state index contributed by atoms with van der Waals surface area (Å²) in [5, 5.41) is 13.6. The van der Waals surface area contributed by atoms with E-state index in [-0.39, 0.29) is 31.0 Å². The van der Waals surface area contributed by atoms with Crippen molar-refractivity contribution in [2.75, 3.05) is 18.5 Å². The Kier molecular flexibility index (Phi) is 8.59. The Morgan fingerprint density at radius 3 is 2.64 bits per heavy atom. The van der Waals surface area contributed by atoms with E-state index in [4.69, 9.17) is 29.1 Å². The van der Waals surface area contributed by atoms with Gasteiger partial charge in [-0.15, -0.1) is 0 Å². The van der Waals surface area contributed by atoms with Gasteiger partial charge in [0.25, 0.3) is 0 Å². The number of benzene rings is 1. The highest BCUT2D eigenvalue weighted by Crippen LogP contribution is 2.35. The summed E-state index contributed by atoms with van der Waals surface area (Å²) in [7, 11) is 0. The number of piperidine rings is 1. The Labute approximate surface area is 273 Å². The van der Waals surface area contributed by atoms with E-state index < -0.39 is 0 Å². The summed E-state index contributed by atoms with van der Waals surface area (Å²) >= 11 is 0. The number of anilines is 1. The summed E-state index contributed by atoms with van der Waals surface area (Å²) in [5.41, 5.74) is 6.47. The second-order valence-electron chi connectivity index (χ2n) is 12.6. The van der Waals surface area contributed by atoms with E-state index in [0.717, 1.165) is 88.4 Å². The molecule has 7 rings (SSSR count). The fourth-order valence-electron chi connectivity index (χ4n) is 6.51. The fourth-order valence-corrected chi connectivity index (χ4v) is 6.51. The molecule has 12 nitrogen and oxygen atoms in total. The maximum Gasteiger partial charge on any atom is 0.410 e. The van der Waals surface area contributed by atoms with Crippen LogP contribution in [0.15, 0.2) is 53.2 Å². The van der Waals surface area contributed by atoms with Crippen molar-refractivity contribution in [1.82, 2.24) is 34.8 Å². The zero-order valence-electron chi connectivity index (χ0n) is 27.3. The Hall–Kier alpha value is -4.84. The number of carbonyl (C=O) groups is 1. The Morgan fingerprint density at radius 2 is 1.87 bits per heavy atom. The molecule has 244 valence electrons. The molecule has 6 heterocycles. The van der Waals surface area contributed by atoms with Gasteiger partial charge in [-0.2, -0.15) is 5.10 Å². The lowest BCUT2D eigenvalue weighted by Crippen LogP contribution is -2.50. The molecule has 1 amide bonds. The van der Waals surface area contributed by atoms with E-state index in [1.165, 1.54) is 0 Å². The summed E-state index contributed by atoms with van der Waals surface area (Å²) in [5.74, 6) is 1.21. The predicted octanol–water partition coefficient (Wildman–Crippen LogP) is 6.77. The number of amides is 1. The molecule has 1 aromatic carbocycles. The topological polar surface area (TPSA) is 133 Å². The highest BCUT2D eigenvalue weighted by molar-refractivity contribution is 5.92. The lowest BCUT2D eigenvalue weighted by molar-refractivity contribution is -0.0368. The van der Waals surface area contributed by atoms with Crippen molar-refractivity contribution in [3.63, 3.8) is 0 Å². The molecular weight excluding hydrogens is 596 g/mol. The molecule has 47 heavy (non-hydrogen) atoms. The van der Waals surface area contributed by atoms with Gasteiger partial charge in [-0.05, 0) is 83.1 Å². The van der Waals surface area contributed by atoms with Crippen LogP contribution < -0.4 is 5.32 Å². The Bertz CT molecular complexity index is 1860.